The van der Waals surface area contributed by atoms with Gasteiger partial charge in [-0.15, -0.1) is 10.2 Å². The number of benzene rings is 1. The van der Waals surface area contributed by atoms with Crippen LogP contribution in [0, 0.1) is 0 Å². The van der Waals surface area contributed by atoms with Crippen molar-refractivity contribution in [3.63, 3.8) is 0 Å². The van der Waals surface area contributed by atoms with E-state index in [2.05, 4.69) is 15.5 Å². The SMILES string of the molecule is CNC(=O)c1ccc(N2C[C@H](O)C[C@H]2c2cccc(OC)c2)nn1. The van der Waals surface area contributed by atoms with Crippen LogP contribution in [0.3, 0.4) is 0 Å². The van der Waals surface area contributed by atoms with Gasteiger partial charge < -0.3 is 20.1 Å². The minimum absolute atomic E-state index is 0.0183. The monoisotopic (exact) mass is 328 g/mol. The lowest BCUT2D eigenvalue weighted by Crippen LogP contribution is -2.26. The summed E-state index contributed by atoms with van der Waals surface area (Å²) in [6.07, 6.45) is 0.160. The molecule has 126 valence electrons. The molecule has 7 nitrogen and oxygen atoms in total. The maximum atomic E-state index is 11.6. The highest BCUT2D eigenvalue weighted by Crippen LogP contribution is 2.36. The summed E-state index contributed by atoms with van der Waals surface area (Å²) in [4.78, 5) is 13.6. The van der Waals surface area contributed by atoms with Crippen molar-refractivity contribution in [3.05, 3.63) is 47.7 Å². The number of carbonyl (C=O) groups excluding carboxylic acids is 1. The summed E-state index contributed by atoms with van der Waals surface area (Å²) < 4.78 is 5.28. The molecule has 1 amide bonds. The van der Waals surface area contributed by atoms with Crippen LogP contribution < -0.4 is 15.0 Å². The predicted octanol–water partition coefficient (Wildman–Crippen LogP) is 1.16. The molecule has 1 aliphatic rings. The largest absolute Gasteiger partial charge is 0.497 e. The summed E-state index contributed by atoms with van der Waals surface area (Å²) in [5, 5.41) is 20.8. The van der Waals surface area contributed by atoms with Crippen molar-refractivity contribution >= 4 is 11.7 Å². The van der Waals surface area contributed by atoms with Crippen LogP contribution in [0.2, 0.25) is 0 Å². The minimum atomic E-state index is -0.443. The fourth-order valence-corrected chi connectivity index (χ4v) is 2.96. The summed E-state index contributed by atoms with van der Waals surface area (Å²) >= 11 is 0. The van der Waals surface area contributed by atoms with E-state index >= 15 is 0 Å². The van der Waals surface area contributed by atoms with E-state index in [1.54, 1.807) is 26.3 Å². The van der Waals surface area contributed by atoms with E-state index < -0.39 is 6.10 Å². The molecule has 1 aromatic carbocycles. The van der Waals surface area contributed by atoms with Gasteiger partial charge in [-0.2, -0.15) is 0 Å². The van der Waals surface area contributed by atoms with E-state index in [4.69, 9.17) is 4.74 Å². The van der Waals surface area contributed by atoms with Crippen LogP contribution in [0.1, 0.15) is 28.5 Å². The number of aromatic nitrogens is 2. The van der Waals surface area contributed by atoms with Crippen molar-refractivity contribution in [3.8, 4) is 5.75 Å². The van der Waals surface area contributed by atoms with E-state index in [9.17, 15) is 9.90 Å². The number of rotatable bonds is 4. The topological polar surface area (TPSA) is 87.6 Å². The summed E-state index contributed by atoms with van der Waals surface area (Å²) in [6.45, 7) is 0.468. The number of hydrogen-bond donors (Lipinski definition) is 2. The third-order valence-corrected chi connectivity index (χ3v) is 4.16. The summed E-state index contributed by atoms with van der Waals surface area (Å²) in [7, 11) is 3.18. The number of hydrogen-bond acceptors (Lipinski definition) is 6. The summed E-state index contributed by atoms with van der Waals surface area (Å²) in [5.74, 6) is 1.13. The van der Waals surface area contributed by atoms with Crippen molar-refractivity contribution < 1.29 is 14.6 Å². The standard InChI is InChI=1S/C17H20N4O3/c1-18-17(23)14-6-7-16(20-19-14)21-10-12(22)9-15(21)11-4-3-5-13(8-11)24-2/h3-8,12,15,22H,9-10H2,1-2H3,(H,18,23)/t12-,15+/m1/s1. The van der Waals surface area contributed by atoms with Crippen molar-refractivity contribution in [1.82, 2.24) is 15.5 Å². The minimum Gasteiger partial charge on any atom is -0.497 e. The van der Waals surface area contributed by atoms with Crippen LogP contribution in [0.4, 0.5) is 5.82 Å². The lowest BCUT2D eigenvalue weighted by Gasteiger charge is -2.25. The Morgan fingerprint density at radius 2 is 2.17 bits per heavy atom. The van der Waals surface area contributed by atoms with E-state index in [1.807, 2.05) is 29.2 Å². The number of carbonyl (C=O) groups is 1. The molecule has 2 aromatic rings. The molecule has 0 radical (unpaired) electrons. The third-order valence-electron chi connectivity index (χ3n) is 4.16. The molecule has 1 fully saturated rings. The molecule has 1 aromatic heterocycles. The highest BCUT2D eigenvalue weighted by Gasteiger charge is 2.33. The van der Waals surface area contributed by atoms with Gasteiger partial charge in [0.15, 0.2) is 11.5 Å². The van der Waals surface area contributed by atoms with Gasteiger partial charge in [-0.3, -0.25) is 4.79 Å². The van der Waals surface area contributed by atoms with Crippen LogP contribution in [-0.2, 0) is 0 Å². The smallest absolute Gasteiger partial charge is 0.271 e. The number of ether oxygens (including phenoxy) is 1. The zero-order valence-electron chi connectivity index (χ0n) is 13.6. The number of anilines is 1. The predicted molar refractivity (Wildman–Crippen MR) is 89.1 cm³/mol. The summed E-state index contributed by atoms with van der Waals surface area (Å²) in [5.41, 5.74) is 1.31. The second-order valence-electron chi connectivity index (χ2n) is 5.69. The number of amides is 1. The lowest BCUT2D eigenvalue weighted by molar-refractivity contribution is 0.0957. The van der Waals surface area contributed by atoms with E-state index in [1.165, 1.54) is 0 Å². The molecule has 3 rings (SSSR count). The zero-order valence-corrected chi connectivity index (χ0v) is 13.6. The number of aliphatic hydroxyl groups is 1. The van der Waals surface area contributed by atoms with Crippen LogP contribution >= 0.6 is 0 Å². The lowest BCUT2D eigenvalue weighted by atomic mass is 10.0. The molecule has 2 heterocycles. The van der Waals surface area contributed by atoms with Gasteiger partial charge in [0.1, 0.15) is 5.75 Å². The maximum absolute atomic E-state index is 11.6. The second-order valence-corrected chi connectivity index (χ2v) is 5.69. The van der Waals surface area contributed by atoms with Gasteiger partial charge in [0.2, 0.25) is 0 Å². The van der Waals surface area contributed by atoms with Crippen molar-refractivity contribution in [1.29, 1.82) is 0 Å². The number of aliphatic hydroxyl groups excluding tert-OH is 1. The van der Waals surface area contributed by atoms with Crippen molar-refractivity contribution in [2.75, 3.05) is 25.6 Å². The molecular formula is C17H20N4O3. The normalized spacial score (nSPS) is 20.0. The van der Waals surface area contributed by atoms with E-state index in [0.717, 1.165) is 11.3 Å². The molecule has 0 aliphatic carbocycles. The molecule has 0 saturated carbocycles. The Kier molecular flexibility index (Phi) is 4.61. The Morgan fingerprint density at radius 3 is 2.83 bits per heavy atom. The van der Waals surface area contributed by atoms with Crippen LogP contribution in [0.5, 0.6) is 5.75 Å². The molecule has 24 heavy (non-hydrogen) atoms. The van der Waals surface area contributed by atoms with Gasteiger partial charge in [-0.05, 0) is 36.2 Å². The van der Waals surface area contributed by atoms with Crippen LogP contribution in [0.25, 0.3) is 0 Å². The third kappa shape index (κ3) is 3.16. The molecule has 0 bridgehead atoms. The molecule has 0 unspecified atom stereocenters. The molecule has 7 heteroatoms. The molecule has 1 aliphatic heterocycles. The number of nitrogens with zero attached hydrogens (tertiary/aromatic N) is 3. The Balaban J connectivity index is 1.88. The highest BCUT2D eigenvalue weighted by atomic mass is 16.5. The van der Waals surface area contributed by atoms with Gasteiger partial charge in [0, 0.05) is 13.6 Å². The van der Waals surface area contributed by atoms with Crippen LogP contribution in [0.15, 0.2) is 36.4 Å². The Morgan fingerprint density at radius 1 is 1.33 bits per heavy atom. The first-order valence-electron chi connectivity index (χ1n) is 7.77. The fraction of sp³-hybridized carbons (Fsp3) is 0.353. The quantitative estimate of drug-likeness (QED) is 0.876. The van der Waals surface area contributed by atoms with Gasteiger partial charge in [-0.25, -0.2) is 0 Å². The Bertz CT molecular complexity index is 720. The zero-order chi connectivity index (χ0) is 17.1. The number of nitrogens with one attached hydrogen (secondary N) is 1. The highest BCUT2D eigenvalue weighted by molar-refractivity contribution is 5.91. The van der Waals surface area contributed by atoms with Gasteiger partial charge in [-0.1, -0.05) is 12.1 Å². The second kappa shape index (κ2) is 6.84. The van der Waals surface area contributed by atoms with Crippen molar-refractivity contribution in [2.24, 2.45) is 0 Å². The molecular weight excluding hydrogens is 308 g/mol. The first kappa shape index (κ1) is 16.2. The average molecular weight is 328 g/mol. The Hall–Kier alpha value is -2.67. The van der Waals surface area contributed by atoms with Gasteiger partial charge in [0.25, 0.3) is 5.91 Å². The molecule has 0 spiro atoms. The van der Waals surface area contributed by atoms with E-state index in [0.29, 0.717) is 18.8 Å². The van der Waals surface area contributed by atoms with Gasteiger partial charge in [0.05, 0.1) is 19.3 Å². The first-order chi connectivity index (χ1) is 11.6. The number of methoxy groups -OCH3 is 1. The summed E-state index contributed by atoms with van der Waals surface area (Å²) in [6, 6.07) is 11.1. The molecule has 2 atom stereocenters. The number of β-amino-alcohol motifs (C(OH)–C–C–N with tert-alkyl or cyclic N) is 1. The van der Waals surface area contributed by atoms with Crippen LogP contribution in [-0.4, -0.2) is 48.0 Å². The first-order valence-corrected chi connectivity index (χ1v) is 7.77. The molecule has 2 N–H and O–H groups in total. The Labute approximate surface area is 140 Å². The van der Waals surface area contributed by atoms with Gasteiger partial charge >= 0.3 is 0 Å². The van der Waals surface area contributed by atoms with E-state index in [-0.39, 0.29) is 17.6 Å². The fourth-order valence-electron chi connectivity index (χ4n) is 2.96. The van der Waals surface area contributed by atoms with Crippen molar-refractivity contribution in [2.45, 2.75) is 18.6 Å². The molecule has 1 saturated heterocycles. The maximum Gasteiger partial charge on any atom is 0.271 e. The average Bonchev–Trinajstić information content (AvgIpc) is 3.03.